The number of esters is 1. The molecule has 6 nitrogen and oxygen atoms in total. The molecule has 1 aliphatic heterocycles. The number of anilines is 2. The van der Waals surface area contributed by atoms with Crippen LogP contribution in [-0.2, 0) is 16.1 Å². The molecule has 4 rings (SSSR count). The SMILES string of the molecule is COC(=O)c1ccc2c(c1)NC(=O)/C2=C(\Nc1ccc(CN(C)C)cc1)c1cccs1. The predicted molar refractivity (Wildman–Crippen MR) is 125 cm³/mol. The van der Waals surface area contributed by atoms with E-state index >= 15 is 0 Å². The summed E-state index contributed by atoms with van der Waals surface area (Å²) in [7, 11) is 5.41. The minimum Gasteiger partial charge on any atom is -0.465 e. The molecule has 0 fully saturated rings. The molecule has 0 saturated carbocycles. The molecule has 0 saturated heterocycles. The van der Waals surface area contributed by atoms with Gasteiger partial charge in [0.1, 0.15) is 0 Å². The first kappa shape index (κ1) is 20.8. The Labute approximate surface area is 185 Å². The Kier molecular flexibility index (Phi) is 5.88. The van der Waals surface area contributed by atoms with Crippen LogP contribution in [0.1, 0.15) is 26.4 Å². The van der Waals surface area contributed by atoms with Crippen LogP contribution in [0.25, 0.3) is 11.3 Å². The molecule has 1 amide bonds. The lowest BCUT2D eigenvalue weighted by atomic mass is 10.0. The number of hydrogen-bond acceptors (Lipinski definition) is 6. The second kappa shape index (κ2) is 8.75. The van der Waals surface area contributed by atoms with Gasteiger partial charge in [0.15, 0.2) is 0 Å². The molecule has 0 spiro atoms. The number of ether oxygens (including phenoxy) is 1. The van der Waals surface area contributed by atoms with Crippen LogP contribution in [0.3, 0.4) is 0 Å². The van der Waals surface area contributed by atoms with Gasteiger partial charge in [-0.05, 0) is 55.4 Å². The number of nitrogens with one attached hydrogen (secondary N) is 2. The zero-order chi connectivity index (χ0) is 22.0. The maximum atomic E-state index is 13.0. The average Bonchev–Trinajstić information content (AvgIpc) is 3.39. The van der Waals surface area contributed by atoms with Gasteiger partial charge in [0.25, 0.3) is 5.91 Å². The summed E-state index contributed by atoms with van der Waals surface area (Å²) in [5.74, 6) is -0.652. The molecule has 31 heavy (non-hydrogen) atoms. The highest BCUT2D eigenvalue weighted by Gasteiger charge is 2.29. The molecule has 0 radical (unpaired) electrons. The van der Waals surface area contributed by atoms with E-state index in [1.54, 1.807) is 29.5 Å². The maximum Gasteiger partial charge on any atom is 0.337 e. The van der Waals surface area contributed by atoms with Crippen LogP contribution in [0.15, 0.2) is 60.0 Å². The van der Waals surface area contributed by atoms with Crippen LogP contribution in [0, 0.1) is 0 Å². The normalized spacial score (nSPS) is 14.3. The Morgan fingerprint density at radius 3 is 2.55 bits per heavy atom. The molecule has 0 bridgehead atoms. The second-order valence-electron chi connectivity index (χ2n) is 7.49. The number of carbonyl (C=O) groups is 2. The number of benzene rings is 2. The quantitative estimate of drug-likeness (QED) is 0.442. The van der Waals surface area contributed by atoms with Crippen molar-refractivity contribution in [2.45, 2.75) is 6.54 Å². The van der Waals surface area contributed by atoms with Gasteiger partial charge in [0.2, 0.25) is 0 Å². The van der Waals surface area contributed by atoms with Crippen molar-refractivity contribution in [1.29, 1.82) is 0 Å². The fourth-order valence-corrected chi connectivity index (χ4v) is 4.27. The summed E-state index contributed by atoms with van der Waals surface area (Å²) in [6.07, 6.45) is 0. The maximum absolute atomic E-state index is 13.0. The van der Waals surface area contributed by atoms with E-state index in [1.165, 1.54) is 12.7 Å². The van der Waals surface area contributed by atoms with Gasteiger partial charge >= 0.3 is 5.97 Å². The first-order valence-corrected chi connectivity index (χ1v) is 10.7. The van der Waals surface area contributed by atoms with E-state index in [0.717, 1.165) is 28.4 Å². The van der Waals surface area contributed by atoms with Crippen LogP contribution < -0.4 is 10.6 Å². The Hall–Kier alpha value is -3.42. The van der Waals surface area contributed by atoms with Crippen LogP contribution >= 0.6 is 11.3 Å². The van der Waals surface area contributed by atoms with Crippen molar-refractivity contribution in [3.05, 3.63) is 81.5 Å². The topological polar surface area (TPSA) is 70.7 Å². The average molecular weight is 434 g/mol. The molecular weight excluding hydrogens is 410 g/mol. The van der Waals surface area contributed by atoms with Gasteiger partial charge < -0.3 is 20.3 Å². The van der Waals surface area contributed by atoms with Gasteiger partial charge in [0.05, 0.1) is 34.5 Å². The number of nitrogens with zero attached hydrogens (tertiary/aromatic N) is 1. The monoisotopic (exact) mass is 433 g/mol. The van der Waals surface area contributed by atoms with E-state index in [9.17, 15) is 9.59 Å². The molecule has 1 aromatic heterocycles. The zero-order valence-corrected chi connectivity index (χ0v) is 18.4. The predicted octanol–water partition coefficient (Wildman–Crippen LogP) is 4.53. The minimum atomic E-state index is -0.441. The lowest BCUT2D eigenvalue weighted by Crippen LogP contribution is -2.11. The third-order valence-corrected chi connectivity index (χ3v) is 5.81. The highest BCUT2D eigenvalue weighted by molar-refractivity contribution is 7.11. The summed E-state index contributed by atoms with van der Waals surface area (Å²) in [5, 5.41) is 8.31. The molecule has 2 aromatic carbocycles. The Bertz CT molecular complexity index is 1150. The molecule has 0 aliphatic carbocycles. The van der Waals surface area contributed by atoms with E-state index < -0.39 is 5.97 Å². The highest BCUT2D eigenvalue weighted by Crippen LogP contribution is 2.39. The molecule has 2 N–H and O–H groups in total. The number of amides is 1. The Morgan fingerprint density at radius 1 is 1.13 bits per heavy atom. The van der Waals surface area contributed by atoms with Crippen molar-refractivity contribution in [3.63, 3.8) is 0 Å². The van der Waals surface area contributed by atoms with Crippen molar-refractivity contribution in [1.82, 2.24) is 4.90 Å². The summed E-state index contributed by atoms with van der Waals surface area (Å²) in [6, 6.07) is 17.2. The number of carbonyl (C=O) groups excluding carboxylic acids is 2. The Morgan fingerprint density at radius 2 is 1.90 bits per heavy atom. The summed E-state index contributed by atoms with van der Waals surface area (Å²) in [4.78, 5) is 27.9. The van der Waals surface area contributed by atoms with Gasteiger partial charge in [-0.3, -0.25) is 4.79 Å². The van der Waals surface area contributed by atoms with Crippen LogP contribution in [-0.4, -0.2) is 38.0 Å². The van der Waals surface area contributed by atoms with Gasteiger partial charge in [-0.25, -0.2) is 4.79 Å². The fraction of sp³-hybridized carbons (Fsp3) is 0.167. The number of methoxy groups -OCH3 is 1. The fourth-order valence-electron chi connectivity index (χ4n) is 3.54. The summed E-state index contributed by atoms with van der Waals surface area (Å²) in [5.41, 5.74) is 5.12. The second-order valence-corrected chi connectivity index (χ2v) is 8.44. The minimum absolute atomic E-state index is 0.211. The largest absolute Gasteiger partial charge is 0.465 e. The molecule has 158 valence electrons. The van der Waals surface area contributed by atoms with Crippen LogP contribution in [0.2, 0.25) is 0 Å². The van der Waals surface area contributed by atoms with E-state index in [-0.39, 0.29) is 5.91 Å². The van der Waals surface area contributed by atoms with E-state index in [1.807, 2.05) is 43.7 Å². The third kappa shape index (κ3) is 4.38. The van der Waals surface area contributed by atoms with Crippen LogP contribution in [0.4, 0.5) is 11.4 Å². The summed E-state index contributed by atoms with van der Waals surface area (Å²) in [6.45, 7) is 0.859. The number of thiophene rings is 1. The molecule has 7 heteroatoms. The molecular formula is C24H23N3O3S. The molecule has 0 unspecified atom stereocenters. The van der Waals surface area contributed by atoms with Crippen molar-refractivity contribution in [2.24, 2.45) is 0 Å². The number of hydrogen-bond donors (Lipinski definition) is 2. The molecule has 3 aromatic rings. The number of rotatable bonds is 6. The van der Waals surface area contributed by atoms with E-state index in [2.05, 4.69) is 27.7 Å². The standard InChI is InChI=1S/C24H23N3O3S/c1-27(2)14-15-6-9-17(10-7-15)25-22(20-5-4-12-31-20)21-18-11-8-16(24(29)30-3)13-19(18)26-23(21)28/h4-13,25H,14H2,1-3H3,(H,26,28)/b22-21-. The van der Waals surface area contributed by atoms with Gasteiger partial charge in [0, 0.05) is 17.8 Å². The summed E-state index contributed by atoms with van der Waals surface area (Å²) < 4.78 is 4.79. The third-order valence-electron chi connectivity index (χ3n) is 4.92. The van der Waals surface area contributed by atoms with Gasteiger partial charge in [-0.2, -0.15) is 0 Å². The van der Waals surface area contributed by atoms with E-state index in [0.29, 0.717) is 16.8 Å². The lowest BCUT2D eigenvalue weighted by molar-refractivity contribution is -0.110. The van der Waals surface area contributed by atoms with Gasteiger partial charge in [-0.15, -0.1) is 11.3 Å². The van der Waals surface area contributed by atoms with Gasteiger partial charge in [-0.1, -0.05) is 24.3 Å². The molecule has 2 heterocycles. The first-order valence-electron chi connectivity index (χ1n) is 9.79. The van der Waals surface area contributed by atoms with Crippen molar-refractivity contribution in [2.75, 3.05) is 31.8 Å². The van der Waals surface area contributed by atoms with Crippen molar-refractivity contribution in [3.8, 4) is 0 Å². The van der Waals surface area contributed by atoms with Crippen LogP contribution in [0.5, 0.6) is 0 Å². The van der Waals surface area contributed by atoms with Crippen molar-refractivity contribution < 1.29 is 14.3 Å². The van der Waals surface area contributed by atoms with Crippen molar-refractivity contribution >= 4 is 45.9 Å². The smallest absolute Gasteiger partial charge is 0.337 e. The number of fused-ring (bicyclic) bond motifs is 1. The molecule has 0 atom stereocenters. The van der Waals surface area contributed by atoms with E-state index in [4.69, 9.17) is 4.74 Å². The molecule has 1 aliphatic rings. The Balaban J connectivity index is 1.75. The highest BCUT2D eigenvalue weighted by atomic mass is 32.1. The zero-order valence-electron chi connectivity index (χ0n) is 17.6. The first-order chi connectivity index (χ1) is 15.0. The lowest BCUT2D eigenvalue weighted by Gasteiger charge is -2.14. The summed E-state index contributed by atoms with van der Waals surface area (Å²) >= 11 is 1.56.